The Morgan fingerprint density at radius 1 is 1.67 bits per heavy atom. The van der Waals surface area contributed by atoms with Crippen LogP contribution < -0.4 is 5.32 Å². The number of amides is 1. The Morgan fingerprint density at radius 2 is 2.56 bits per heavy atom. The molecule has 1 aliphatic carbocycles. The lowest BCUT2D eigenvalue weighted by Gasteiger charge is -2.07. The summed E-state index contributed by atoms with van der Waals surface area (Å²) in [6.45, 7) is 0. The normalized spacial score (nSPS) is 38.9. The largest absolute Gasteiger partial charge is 0.353 e. The van der Waals surface area contributed by atoms with E-state index in [0.29, 0.717) is 6.04 Å². The molecule has 0 radical (unpaired) electrons. The third-order valence-corrected chi connectivity index (χ3v) is 2.01. The van der Waals surface area contributed by atoms with Crippen LogP contribution in [0.3, 0.4) is 0 Å². The van der Waals surface area contributed by atoms with E-state index in [-0.39, 0.29) is 11.8 Å². The van der Waals surface area contributed by atoms with Crippen LogP contribution in [0.25, 0.3) is 0 Å². The van der Waals surface area contributed by atoms with Gasteiger partial charge in [0, 0.05) is 6.04 Å². The SMILES string of the molecule is O=C1N[C@@H]2CC=C[C@@H]1C2. The Morgan fingerprint density at radius 3 is 3.22 bits per heavy atom. The first-order valence-electron chi connectivity index (χ1n) is 3.33. The van der Waals surface area contributed by atoms with Crippen LogP contribution in [0.1, 0.15) is 12.8 Å². The van der Waals surface area contributed by atoms with E-state index in [2.05, 4.69) is 11.4 Å². The smallest absolute Gasteiger partial charge is 0.227 e. The summed E-state index contributed by atoms with van der Waals surface area (Å²) in [4.78, 5) is 10.9. The van der Waals surface area contributed by atoms with Gasteiger partial charge in [-0.05, 0) is 12.8 Å². The molecular weight excluding hydrogens is 114 g/mol. The lowest BCUT2D eigenvalue weighted by Crippen LogP contribution is -2.24. The summed E-state index contributed by atoms with van der Waals surface area (Å²) in [7, 11) is 0. The van der Waals surface area contributed by atoms with Crippen LogP contribution in [-0.4, -0.2) is 11.9 Å². The van der Waals surface area contributed by atoms with Crippen LogP contribution in [0.2, 0.25) is 0 Å². The minimum absolute atomic E-state index is 0.198. The van der Waals surface area contributed by atoms with Crippen molar-refractivity contribution in [1.29, 1.82) is 0 Å². The molecule has 0 aromatic heterocycles. The van der Waals surface area contributed by atoms with Crippen molar-refractivity contribution >= 4 is 5.91 Å². The Labute approximate surface area is 53.9 Å². The molecule has 2 heteroatoms. The molecule has 2 aliphatic rings. The van der Waals surface area contributed by atoms with Crippen LogP contribution in [0.15, 0.2) is 12.2 Å². The van der Waals surface area contributed by atoms with Gasteiger partial charge in [-0.1, -0.05) is 12.2 Å². The summed E-state index contributed by atoms with van der Waals surface area (Å²) in [6, 6.07) is 0.451. The molecule has 2 bridgehead atoms. The van der Waals surface area contributed by atoms with Crippen LogP contribution in [-0.2, 0) is 4.79 Å². The molecule has 1 aliphatic heterocycles. The van der Waals surface area contributed by atoms with Crippen LogP contribution in [0.4, 0.5) is 0 Å². The van der Waals surface area contributed by atoms with E-state index in [0.717, 1.165) is 12.8 Å². The number of rotatable bonds is 0. The maximum absolute atomic E-state index is 10.9. The highest BCUT2D eigenvalue weighted by Gasteiger charge is 2.31. The molecule has 0 unspecified atom stereocenters. The minimum Gasteiger partial charge on any atom is -0.353 e. The Kier molecular flexibility index (Phi) is 0.891. The van der Waals surface area contributed by atoms with Gasteiger partial charge in [0.1, 0.15) is 0 Å². The monoisotopic (exact) mass is 123 g/mol. The molecule has 1 amide bonds. The fraction of sp³-hybridized carbons (Fsp3) is 0.571. The third-order valence-electron chi connectivity index (χ3n) is 2.01. The molecule has 1 heterocycles. The lowest BCUT2D eigenvalue weighted by molar-refractivity contribution is -0.121. The first-order chi connectivity index (χ1) is 4.36. The molecule has 48 valence electrons. The van der Waals surface area contributed by atoms with Gasteiger partial charge in [-0.2, -0.15) is 0 Å². The molecule has 1 N–H and O–H groups in total. The van der Waals surface area contributed by atoms with Gasteiger partial charge in [0.15, 0.2) is 0 Å². The van der Waals surface area contributed by atoms with Gasteiger partial charge in [0.2, 0.25) is 5.91 Å². The van der Waals surface area contributed by atoms with Crippen LogP contribution >= 0.6 is 0 Å². The van der Waals surface area contributed by atoms with Crippen molar-refractivity contribution < 1.29 is 4.79 Å². The highest BCUT2D eigenvalue weighted by atomic mass is 16.2. The number of nitrogens with one attached hydrogen (secondary N) is 1. The maximum atomic E-state index is 10.9. The van der Waals surface area contributed by atoms with Crippen molar-refractivity contribution in [1.82, 2.24) is 5.32 Å². The number of carbonyl (C=O) groups excluding carboxylic acids is 1. The number of hydrogen-bond donors (Lipinski definition) is 1. The highest BCUT2D eigenvalue weighted by Crippen LogP contribution is 2.23. The molecule has 2 nitrogen and oxygen atoms in total. The molecule has 2 rings (SSSR count). The van der Waals surface area contributed by atoms with Crippen molar-refractivity contribution in [3.05, 3.63) is 12.2 Å². The zero-order chi connectivity index (χ0) is 6.27. The number of hydrogen-bond acceptors (Lipinski definition) is 1. The Balaban J connectivity index is 2.27. The van der Waals surface area contributed by atoms with E-state index in [9.17, 15) is 4.79 Å². The van der Waals surface area contributed by atoms with Gasteiger partial charge < -0.3 is 5.32 Å². The fourth-order valence-electron chi connectivity index (χ4n) is 1.51. The zero-order valence-corrected chi connectivity index (χ0v) is 5.13. The van der Waals surface area contributed by atoms with Gasteiger partial charge >= 0.3 is 0 Å². The molecule has 0 spiro atoms. The zero-order valence-electron chi connectivity index (χ0n) is 5.13. The molecule has 0 saturated carbocycles. The summed E-state index contributed by atoms with van der Waals surface area (Å²) in [6.07, 6.45) is 6.16. The van der Waals surface area contributed by atoms with Gasteiger partial charge in [0.25, 0.3) is 0 Å². The van der Waals surface area contributed by atoms with Gasteiger partial charge in [-0.3, -0.25) is 4.79 Å². The Hall–Kier alpha value is -0.790. The molecule has 2 atom stereocenters. The number of carbonyl (C=O) groups is 1. The highest BCUT2D eigenvalue weighted by molar-refractivity contribution is 5.83. The van der Waals surface area contributed by atoms with Gasteiger partial charge in [0.05, 0.1) is 5.92 Å². The predicted molar refractivity (Wildman–Crippen MR) is 33.8 cm³/mol. The van der Waals surface area contributed by atoms with E-state index in [1.807, 2.05) is 6.08 Å². The van der Waals surface area contributed by atoms with Crippen molar-refractivity contribution in [2.24, 2.45) is 5.92 Å². The first-order valence-corrected chi connectivity index (χ1v) is 3.33. The summed E-state index contributed by atoms with van der Waals surface area (Å²) in [5.74, 6) is 0.414. The predicted octanol–water partition coefficient (Wildman–Crippen LogP) is 0.451. The second kappa shape index (κ2) is 1.59. The van der Waals surface area contributed by atoms with Crippen molar-refractivity contribution in [2.75, 3.05) is 0 Å². The molecule has 9 heavy (non-hydrogen) atoms. The third kappa shape index (κ3) is 0.661. The van der Waals surface area contributed by atoms with Gasteiger partial charge in [-0.15, -0.1) is 0 Å². The molecule has 1 saturated heterocycles. The summed E-state index contributed by atoms with van der Waals surface area (Å²) in [5, 5.41) is 2.91. The first kappa shape index (κ1) is 5.03. The summed E-state index contributed by atoms with van der Waals surface area (Å²) in [5.41, 5.74) is 0. The average Bonchev–Trinajstić information content (AvgIpc) is 2.09. The minimum atomic E-state index is 0.198. The quantitative estimate of drug-likeness (QED) is 0.465. The van der Waals surface area contributed by atoms with E-state index in [1.165, 1.54) is 0 Å². The van der Waals surface area contributed by atoms with E-state index in [1.54, 1.807) is 0 Å². The summed E-state index contributed by atoms with van der Waals surface area (Å²) >= 11 is 0. The van der Waals surface area contributed by atoms with Crippen molar-refractivity contribution in [3.63, 3.8) is 0 Å². The van der Waals surface area contributed by atoms with Gasteiger partial charge in [-0.25, -0.2) is 0 Å². The van der Waals surface area contributed by atoms with E-state index in [4.69, 9.17) is 0 Å². The molecule has 1 fully saturated rings. The van der Waals surface area contributed by atoms with Crippen LogP contribution in [0.5, 0.6) is 0 Å². The Bertz CT molecular complexity index is 174. The molecular formula is C7H9NO. The molecule has 0 aromatic rings. The maximum Gasteiger partial charge on any atom is 0.227 e. The summed E-state index contributed by atoms with van der Waals surface area (Å²) < 4.78 is 0. The van der Waals surface area contributed by atoms with Crippen molar-refractivity contribution in [2.45, 2.75) is 18.9 Å². The standard InChI is InChI=1S/C7H9NO/c9-7-5-2-1-3-6(4-5)8-7/h1-2,5-6H,3-4H2,(H,8,9)/t5-,6-/m1/s1. The average molecular weight is 123 g/mol. The van der Waals surface area contributed by atoms with Crippen molar-refractivity contribution in [3.8, 4) is 0 Å². The van der Waals surface area contributed by atoms with E-state index < -0.39 is 0 Å². The lowest BCUT2D eigenvalue weighted by atomic mass is 9.97. The molecule has 0 aromatic carbocycles. The topological polar surface area (TPSA) is 29.1 Å². The second-order valence-electron chi connectivity index (χ2n) is 2.71. The fourth-order valence-corrected chi connectivity index (χ4v) is 1.51. The number of fused-ring (bicyclic) bond motifs is 2. The second-order valence-corrected chi connectivity index (χ2v) is 2.71. The van der Waals surface area contributed by atoms with E-state index >= 15 is 0 Å². The van der Waals surface area contributed by atoms with Crippen LogP contribution in [0, 0.1) is 5.92 Å².